The minimum Gasteiger partial charge on any atom is -0.296 e. The molecule has 0 saturated heterocycles. The zero-order chi connectivity index (χ0) is 16.7. The lowest BCUT2D eigenvalue weighted by atomic mass is 10.0. The lowest BCUT2D eigenvalue weighted by molar-refractivity contribution is 0.0882. The summed E-state index contributed by atoms with van der Waals surface area (Å²) < 4.78 is 0. The van der Waals surface area contributed by atoms with E-state index in [1.807, 2.05) is 36.4 Å². The van der Waals surface area contributed by atoms with Crippen LogP contribution in [0.4, 0.5) is 0 Å². The van der Waals surface area contributed by atoms with E-state index >= 15 is 0 Å². The summed E-state index contributed by atoms with van der Waals surface area (Å²) in [5.74, 6) is 6.46. The van der Waals surface area contributed by atoms with Gasteiger partial charge in [-0.15, -0.1) is 0 Å². The van der Waals surface area contributed by atoms with E-state index in [0.717, 1.165) is 21.9 Å². The molecule has 3 heteroatoms. The van der Waals surface area contributed by atoms with E-state index in [4.69, 9.17) is 5.41 Å². The van der Waals surface area contributed by atoms with Crippen LogP contribution in [0.15, 0.2) is 60.7 Å². The first-order chi connectivity index (χ1) is 11.6. The summed E-state index contributed by atoms with van der Waals surface area (Å²) in [6, 6.07) is 19.6. The van der Waals surface area contributed by atoms with Gasteiger partial charge in [-0.3, -0.25) is 15.1 Å². The number of carbonyl (C=O) groups excluding carboxylic acids is 1. The number of hydrogen-bond donors (Lipinski definition) is 1. The van der Waals surface area contributed by atoms with Crippen LogP contribution in [0.25, 0.3) is 10.8 Å². The number of amidine groups is 1. The Morgan fingerprint density at radius 2 is 1.71 bits per heavy atom. The van der Waals surface area contributed by atoms with Crippen molar-refractivity contribution in [3.8, 4) is 11.8 Å². The first-order valence-corrected chi connectivity index (χ1v) is 7.66. The standard InChI is InChI=1S/C21H14N2O/c1-23-20(22)19-13-14(10-12-18(19)21(23)24)9-11-16-7-4-6-15-5-2-3-8-17(15)16/h2-8,10,12-13,22H,1H3. The Morgan fingerprint density at radius 3 is 2.58 bits per heavy atom. The predicted molar refractivity (Wildman–Crippen MR) is 95.3 cm³/mol. The third kappa shape index (κ3) is 2.17. The molecule has 3 aromatic carbocycles. The van der Waals surface area contributed by atoms with E-state index < -0.39 is 0 Å². The molecule has 0 aromatic heterocycles. The quantitative estimate of drug-likeness (QED) is 0.633. The highest BCUT2D eigenvalue weighted by Crippen LogP contribution is 2.22. The fourth-order valence-electron chi connectivity index (χ4n) is 2.94. The number of nitrogens with one attached hydrogen (secondary N) is 1. The molecule has 3 nitrogen and oxygen atoms in total. The number of hydrogen-bond acceptors (Lipinski definition) is 2. The molecule has 1 heterocycles. The van der Waals surface area contributed by atoms with Crippen LogP contribution in [0.1, 0.15) is 27.0 Å². The molecule has 0 unspecified atom stereocenters. The molecule has 0 saturated carbocycles. The monoisotopic (exact) mass is 310 g/mol. The number of amides is 1. The van der Waals surface area contributed by atoms with Gasteiger partial charge in [0.1, 0.15) is 5.84 Å². The zero-order valence-corrected chi connectivity index (χ0v) is 13.1. The summed E-state index contributed by atoms with van der Waals surface area (Å²) >= 11 is 0. The third-order valence-corrected chi connectivity index (χ3v) is 4.28. The lowest BCUT2D eigenvalue weighted by Gasteiger charge is -2.05. The van der Waals surface area contributed by atoms with Crippen LogP contribution in [-0.2, 0) is 0 Å². The summed E-state index contributed by atoms with van der Waals surface area (Å²) in [6.45, 7) is 0. The average Bonchev–Trinajstić information content (AvgIpc) is 2.84. The van der Waals surface area contributed by atoms with Gasteiger partial charge in [-0.05, 0) is 35.0 Å². The zero-order valence-electron chi connectivity index (χ0n) is 13.1. The van der Waals surface area contributed by atoms with Crippen molar-refractivity contribution in [2.45, 2.75) is 0 Å². The second-order valence-corrected chi connectivity index (χ2v) is 5.75. The second-order valence-electron chi connectivity index (χ2n) is 5.75. The van der Waals surface area contributed by atoms with Crippen molar-refractivity contribution in [2.75, 3.05) is 7.05 Å². The molecule has 4 rings (SSSR count). The molecule has 1 amide bonds. The summed E-state index contributed by atoms with van der Waals surface area (Å²) in [5.41, 5.74) is 2.98. The van der Waals surface area contributed by atoms with Crippen LogP contribution in [0.2, 0.25) is 0 Å². The Morgan fingerprint density at radius 1 is 0.917 bits per heavy atom. The third-order valence-electron chi connectivity index (χ3n) is 4.28. The number of fused-ring (bicyclic) bond motifs is 2. The van der Waals surface area contributed by atoms with Gasteiger partial charge in [0.05, 0.1) is 5.56 Å². The first-order valence-electron chi connectivity index (χ1n) is 7.66. The van der Waals surface area contributed by atoms with Crippen molar-refractivity contribution in [1.29, 1.82) is 5.41 Å². The summed E-state index contributed by atoms with van der Waals surface area (Å²) in [5, 5.41) is 10.3. The Labute approximate surface area is 140 Å². The minimum atomic E-state index is -0.136. The van der Waals surface area contributed by atoms with Crippen LogP contribution in [0, 0.1) is 17.3 Å². The Balaban J connectivity index is 1.77. The molecule has 0 bridgehead atoms. The van der Waals surface area contributed by atoms with Gasteiger partial charge in [0.25, 0.3) is 5.91 Å². The van der Waals surface area contributed by atoms with Crippen molar-refractivity contribution in [1.82, 2.24) is 4.90 Å². The Hall–Kier alpha value is -3.38. The van der Waals surface area contributed by atoms with Crippen molar-refractivity contribution in [3.63, 3.8) is 0 Å². The SMILES string of the molecule is CN1C(=N)c2cc(C#Cc3cccc4ccccc34)ccc2C1=O. The van der Waals surface area contributed by atoms with Gasteiger partial charge in [0, 0.05) is 23.7 Å². The molecule has 3 aromatic rings. The van der Waals surface area contributed by atoms with E-state index in [-0.39, 0.29) is 11.7 Å². The summed E-state index contributed by atoms with van der Waals surface area (Å²) in [6.07, 6.45) is 0. The van der Waals surface area contributed by atoms with Crippen LogP contribution in [0.5, 0.6) is 0 Å². The topological polar surface area (TPSA) is 44.2 Å². The van der Waals surface area contributed by atoms with Gasteiger partial charge in [0.15, 0.2) is 0 Å². The molecule has 0 aliphatic carbocycles. The van der Waals surface area contributed by atoms with Gasteiger partial charge in [0.2, 0.25) is 0 Å². The van der Waals surface area contributed by atoms with E-state index in [1.165, 1.54) is 4.90 Å². The second kappa shape index (κ2) is 5.36. The number of carbonyl (C=O) groups is 1. The van der Waals surface area contributed by atoms with Gasteiger partial charge in [-0.2, -0.15) is 0 Å². The Bertz CT molecular complexity index is 1060. The molecular formula is C21H14N2O. The van der Waals surface area contributed by atoms with Crippen molar-refractivity contribution < 1.29 is 4.79 Å². The smallest absolute Gasteiger partial charge is 0.259 e. The number of nitrogens with zero attached hydrogens (tertiary/aromatic N) is 1. The molecule has 1 aliphatic rings. The highest BCUT2D eigenvalue weighted by Gasteiger charge is 2.29. The molecular weight excluding hydrogens is 296 g/mol. The molecule has 0 spiro atoms. The van der Waals surface area contributed by atoms with Crippen LogP contribution < -0.4 is 0 Å². The van der Waals surface area contributed by atoms with Crippen LogP contribution in [-0.4, -0.2) is 23.7 Å². The predicted octanol–water partition coefficient (Wildman–Crippen LogP) is 3.65. The largest absolute Gasteiger partial charge is 0.296 e. The molecule has 1 aliphatic heterocycles. The van der Waals surface area contributed by atoms with Gasteiger partial charge >= 0.3 is 0 Å². The van der Waals surface area contributed by atoms with E-state index in [0.29, 0.717) is 11.1 Å². The summed E-state index contributed by atoms with van der Waals surface area (Å²) in [7, 11) is 1.62. The maximum Gasteiger partial charge on any atom is 0.259 e. The highest BCUT2D eigenvalue weighted by molar-refractivity contribution is 6.22. The van der Waals surface area contributed by atoms with Crippen LogP contribution >= 0.6 is 0 Å². The number of rotatable bonds is 0. The van der Waals surface area contributed by atoms with Crippen LogP contribution in [0.3, 0.4) is 0 Å². The molecule has 114 valence electrons. The van der Waals surface area contributed by atoms with E-state index in [9.17, 15) is 4.79 Å². The highest BCUT2D eigenvalue weighted by atomic mass is 16.2. The molecule has 0 radical (unpaired) electrons. The maximum atomic E-state index is 12.0. The normalized spacial score (nSPS) is 13.0. The maximum absolute atomic E-state index is 12.0. The Kier molecular flexibility index (Phi) is 3.18. The molecule has 24 heavy (non-hydrogen) atoms. The molecule has 1 N–H and O–H groups in total. The first kappa shape index (κ1) is 14.2. The van der Waals surface area contributed by atoms with E-state index in [2.05, 4.69) is 30.0 Å². The molecule has 0 atom stereocenters. The summed E-state index contributed by atoms with van der Waals surface area (Å²) in [4.78, 5) is 13.3. The van der Waals surface area contributed by atoms with Gasteiger partial charge in [-0.25, -0.2) is 0 Å². The van der Waals surface area contributed by atoms with E-state index in [1.54, 1.807) is 13.1 Å². The fraction of sp³-hybridized carbons (Fsp3) is 0.0476. The van der Waals surface area contributed by atoms with Crippen molar-refractivity contribution in [2.24, 2.45) is 0 Å². The molecule has 0 fully saturated rings. The minimum absolute atomic E-state index is 0.136. The van der Waals surface area contributed by atoms with Gasteiger partial charge in [-0.1, -0.05) is 48.2 Å². The number of benzene rings is 3. The average molecular weight is 310 g/mol. The van der Waals surface area contributed by atoms with Crippen molar-refractivity contribution in [3.05, 3.63) is 82.9 Å². The van der Waals surface area contributed by atoms with Crippen molar-refractivity contribution >= 4 is 22.5 Å². The lowest BCUT2D eigenvalue weighted by Crippen LogP contribution is -2.24. The fourth-order valence-corrected chi connectivity index (χ4v) is 2.94. The van der Waals surface area contributed by atoms with Gasteiger partial charge < -0.3 is 0 Å².